The van der Waals surface area contributed by atoms with Crippen LogP contribution < -0.4 is 9.64 Å². The van der Waals surface area contributed by atoms with Gasteiger partial charge in [-0.1, -0.05) is 41.4 Å². The first-order valence-electron chi connectivity index (χ1n) is 10.3. The van der Waals surface area contributed by atoms with Crippen LogP contribution in [-0.4, -0.2) is 23.4 Å². The van der Waals surface area contributed by atoms with Crippen molar-refractivity contribution in [1.82, 2.24) is 0 Å². The normalized spacial score (nSPS) is 17.6. The fourth-order valence-corrected chi connectivity index (χ4v) is 4.01. The molecule has 3 aromatic carbocycles. The lowest BCUT2D eigenvalue weighted by atomic mass is 9.94. The summed E-state index contributed by atoms with van der Waals surface area (Å²) < 4.78 is 5.45. The van der Waals surface area contributed by atoms with E-state index in [1.807, 2.05) is 38.1 Å². The van der Waals surface area contributed by atoms with Crippen LogP contribution in [0.2, 0.25) is 5.02 Å². The van der Waals surface area contributed by atoms with Crippen LogP contribution in [0.4, 0.5) is 5.69 Å². The molecular weight excluding hydrogens is 426 g/mol. The molecule has 162 valence electrons. The van der Waals surface area contributed by atoms with Crippen LogP contribution in [0.5, 0.6) is 5.75 Å². The van der Waals surface area contributed by atoms with Crippen molar-refractivity contribution in [1.29, 1.82) is 0 Å². The molecule has 1 heterocycles. The minimum atomic E-state index is -0.775. The third-order valence-corrected chi connectivity index (χ3v) is 5.60. The number of halogens is 1. The van der Waals surface area contributed by atoms with Crippen molar-refractivity contribution in [2.45, 2.75) is 19.9 Å². The van der Waals surface area contributed by atoms with Gasteiger partial charge in [-0.2, -0.15) is 0 Å². The topological polar surface area (TPSA) is 66.8 Å². The Morgan fingerprint density at radius 2 is 1.72 bits per heavy atom. The zero-order chi connectivity index (χ0) is 22.8. The summed E-state index contributed by atoms with van der Waals surface area (Å²) in [5.74, 6) is -1.01. The molecule has 1 aliphatic rings. The van der Waals surface area contributed by atoms with Crippen LogP contribution in [0.15, 0.2) is 78.4 Å². The summed E-state index contributed by atoms with van der Waals surface area (Å²) in [5, 5.41) is 11.7. The molecule has 0 bridgehead atoms. The SMILES string of the molecule is CCOc1ccc(/C(O)=C2/C(=O)C(=O)N(c3ccc(Cl)cc3)C2c2cccc(C)c2)cc1. The number of aliphatic hydroxyl groups is 1. The van der Waals surface area contributed by atoms with Crippen LogP contribution >= 0.6 is 11.6 Å². The summed E-state index contributed by atoms with van der Waals surface area (Å²) >= 11 is 6.02. The predicted molar refractivity (Wildman–Crippen MR) is 125 cm³/mol. The number of Topliss-reactive ketones (excluding diaryl/α,β-unsaturated/α-hetero) is 1. The Bertz CT molecular complexity index is 1200. The number of hydrogen-bond donors (Lipinski definition) is 1. The van der Waals surface area contributed by atoms with Gasteiger partial charge in [-0.25, -0.2) is 0 Å². The molecule has 0 saturated carbocycles. The summed E-state index contributed by atoms with van der Waals surface area (Å²) in [6.07, 6.45) is 0. The van der Waals surface area contributed by atoms with Gasteiger partial charge in [-0.05, 0) is 67.9 Å². The highest BCUT2D eigenvalue weighted by Crippen LogP contribution is 2.42. The van der Waals surface area contributed by atoms with Crippen molar-refractivity contribution < 1.29 is 19.4 Å². The zero-order valence-electron chi connectivity index (χ0n) is 17.7. The number of amides is 1. The maximum Gasteiger partial charge on any atom is 0.300 e. The van der Waals surface area contributed by atoms with E-state index in [0.29, 0.717) is 28.6 Å². The molecule has 0 aromatic heterocycles. The van der Waals surface area contributed by atoms with Gasteiger partial charge in [0.05, 0.1) is 18.2 Å². The molecule has 5 nitrogen and oxygen atoms in total. The molecule has 1 saturated heterocycles. The number of aryl methyl sites for hydroxylation is 1. The van der Waals surface area contributed by atoms with E-state index >= 15 is 0 Å². The molecule has 1 N–H and O–H groups in total. The molecule has 1 fully saturated rings. The molecular formula is C26H22ClNO4. The van der Waals surface area contributed by atoms with E-state index in [4.69, 9.17) is 16.3 Å². The van der Waals surface area contributed by atoms with Gasteiger partial charge in [0, 0.05) is 16.3 Å². The lowest BCUT2D eigenvalue weighted by Crippen LogP contribution is -2.29. The summed E-state index contributed by atoms with van der Waals surface area (Å²) in [6, 6.07) is 20.3. The summed E-state index contributed by atoms with van der Waals surface area (Å²) in [7, 11) is 0. The smallest absolute Gasteiger partial charge is 0.300 e. The van der Waals surface area contributed by atoms with E-state index in [2.05, 4.69) is 0 Å². The fraction of sp³-hybridized carbons (Fsp3) is 0.154. The van der Waals surface area contributed by atoms with E-state index in [9.17, 15) is 14.7 Å². The maximum absolute atomic E-state index is 13.1. The van der Waals surface area contributed by atoms with Gasteiger partial charge in [0.25, 0.3) is 11.7 Å². The Kier molecular flexibility index (Phi) is 6.01. The molecule has 6 heteroatoms. The first-order chi connectivity index (χ1) is 15.4. The minimum Gasteiger partial charge on any atom is -0.507 e. The quantitative estimate of drug-likeness (QED) is 0.310. The summed E-state index contributed by atoms with van der Waals surface area (Å²) in [6.45, 7) is 4.34. The number of benzene rings is 3. The van der Waals surface area contributed by atoms with Gasteiger partial charge >= 0.3 is 0 Å². The van der Waals surface area contributed by atoms with Crippen molar-refractivity contribution >= 4 is 34.7 Å². The number of rotatable bonds is 5. The van der Waals surface area contributed by atoms with E-state index < -0.39 is 17.7 Å². The fourth-order valence-electron chi connectivity index (χ4n) is 3.89. The van der Waals surface area contributed by atoms with Crippen LogP contribution in [0.25, 0.3) is 5.76 Å². The van der Waals surface area contributed by atoms with Gasteiger partial charge < -0.3 is 9.84 Å². The molecule has 1 amide bonds. The van der Waals surface area contributed by atoms with Crippen molar-refractivity contribution in [3.63, 3.8) is 0 Å². The van der Waals surface area contributed by atoms with Gasteiger partial charge in [-0.3, -0.25) is 14.5 Å². The average Bonchev–Trinajstić information content (AvgIpc) is 3.05. The summed E-state index contributed by atoms with van der Waals surface area (Å²) in [5.41, 5.74) is 2.70. The second-order valence-corrected chi connectivity index (χ2v) is 7.95. The number of carbonyl (C=O) groups is 2. The van der Waals surface area contributed by atoms with E-state index in [0.717, 1.165) is 11.1 Å². The number of ether oxygens (including phenoxy) is 1. The number of anilines is 1. The van der Waals surface area contributed by atoms with E-state index in [-0.39, 0.29) is 11.3 Å². The van der Waals surface area contributed by atoms with Gasteiger partial charge in [0.2, 0.25) is 0 Å². The Morgan fingerprint density at radius 3 is 2.34 bits per heavy atom. The zero-order valence-corrected chi connectivity index (χ0v) is 18.5. The first-order valence-corrected chi connectivity index (χ1v) is 10.6. The number of carbonyl (C=O) groups excluding carboxylic acids is 2. The van der Waals surface area contributed by atoms with E-state index in [1.165, 1.54) is 4.90 Å². The van der Waals surface area contributed by atoms with Gasteiger partial charge in [0.1, 0.15) is 11.5 Å². The molecule has 0 radical (unpaired) electrons. The Morgan fingerprint density at radius 1 is 1.03 bits per heavy atom. The first kappa shape index (κ1) is 21.7. The van der Waals surface area contributed by atoms with Crippen LogP contribution in [-0.2, 0) is 9.59 Å². The summed E-state index contributed by atoms with van der Waals surface area (Å²) in [4.78, 5) is 27.7. The van der Waals surface area contributed by atoms with E-state index in [1.54, 1.807) is 48.5 Å². The molecule has 1 aliphatic heterocycles. The Labute approximate surface area is 191 Å². The molecule has 1 unspecified atom stereocenters. The monoisotopic (exact) mass is 447 g/mol. The van der Waals surface area contributed by atoms with Crippen LogP contribution in [0.3, 0.4) is 0 Å². The predicted octanol–water partition coefficient (Wildman–Crippen LogP) is 5.67. The Balaban J connectivity index is 1.89. The van der Waals surface area contributed by atoms with Crippen molar-refractivity contribution in [2.24, 2.45) is 0 Å². The second kappa shape index (κ2) is 8.89. The molecule has 1 atom stereocenters. The molecule has 4 rings (SSSR count). The van der Waals surface area contributed by atoms with Crippen molar-refractivity contribution in [3.05, 3.63) is 100 Å². The highest BCUT2D eigenvalue weighted by atomic mass is 35.5. The highest BCUT2D eigenvalue weighted by Gasteiger charge is 2.46. The Hall–Kier alpha value is -3.57. The van der Waals surface area contributed by atoms with Gasteiger partial charge in [0.15, 0.2) is 0 Å². The lowest BCUT2D eigenvalue weighted by molar-refractivity contribution is -0.132. The molecule has 32 heavy (non-hydrogen) atoms. The molecule has 0 spiro atoms. The average molecular weight is 448 g/mol. The minimum absolute atomic E-state index is 0.0414. The second-order valence-electron chi connectivity index (χ2n) is 7.52. The lowest BCUT2D eigenvalue weighted by Gasteiger charge is -2.25. The number of nitrogens with zero attached hydrogens (tertiary/aromatic N) is 1. The van der Waals surface area contributed by atoms with Crippen LogP contribution in [0.1, 0.15) is 29.7 Å². The molecule has 3 aromatic rings. The third kappa shape index (κ3) is 3.99. The largest absolute Gasteiger partial charge is 0.507 e. The highest BCUT2D eigenvalue weighted by molar-refractivity contribution is 6.51. The van der Waals surface area contributed by atoms with Crippen LogP contribution in [0, 0.1) is 6.92 Å². The number of hydrogen-bond acceptors (Lipinski definition) is 4. The number of aliphatic hydroxyl groups excluding tert-OH is 1. The van der Waals surface area contributed by atoms with Crippen molar-refractivity contribution in [2.75, 3.05) is 11.5 Å². The maximum atomic E-state index is 13.1. The molecule has 0 aliphatic carbocycles. The standard InChI is InChI=1S/C26H22ClNO4/c1-3-32-21-13-7-17(8-14-21)24(29)22-23(18-6-4-5-16(2)15-18)28(26(31)25(22)30)20-11-9-19(27)10-12-20/h4-15,23,29H,3H2,1-2H3/b24-22-. The van der Waals surface area contributed by atoms with Crippen molar-refractivity contribution in [3.8, 4) is 5.75 Å². The third-order valence-electron chi connectivity index (χ3n) is 5.35. The van der Waals surface area contributed by atoms with Gasteiger partial charge in [-0.15, -0.1) is 0 Å². The number of ketones is 1.